The van der Waals surface area contributed by atoms with E-state index in [2.05, 4.69) is 30.8 Å². The molecule has 4 N–H and O–H groups in total. The second kappa shape index (κ2) is 5.91. The predicted molar refractivity (Wildman–Crippen MR) is 81.1 cm³/mol. The summed E-state index contributed by atoms with van der Waals surface area (Å²) in [4.78, 5) is 0. The summed E-state index contributed by atoms with van der Waals surface area (Å²) in [5, 5.41) is 6.02. The third-order valence-corrected chi connectivity index (χ3v) is 4.98. The van der Waals surface area contributed by atoms with E-state index in [1.807, 2.05) is 0 Å². The Kier molecular flexibility index (Phi) is 4.57. The number of aryl methyl sites for hydroxylation is 1. The van der Waals surface area contributed by atoms with Gasteiger partial charge in [0.2, 0.25) is 5.03 Å². The number of hydrogen-bond donors (Lipinski definition) is 3. The molecule has 2 aromatic rings. The summed E-state index contributed by atoms with van der Waals surface area (Å²) < 4.78 is 40.3. The number of rotatable bonds is 4. The zero-order valence-electron chi connectivity index (χ0n) is 10.7. The highest BCUT2D eigenvalue weighted by atomic mass is 79.9. The van der Waals surface area contributed by atoms with E-state index in [-0.39, 0.29) is 26.8 Å². The molecule has 0 saturated heterocycles. The lowest BCUT2D eigenvalue weighted by molar-refractivity contribution is 0.595. The van der Waals surface area contributed by atoms with Crippen LogP contribution in [0.25, 0.3) is 0 Å². The summed E-state index contributed by atoms with van der Waals surface area (Å²) in [5.74, 6) is -0.590. The molecule has 114 valence electrons. The van der Waals surface area contributed by atoms with E-state index in [0.717, 1.165) is 12.1 Å². The van der Waals surface area contributed by atoms with Crippen molar-refractivity contribution in [3.05, 3.63) is 38.7 Å². The number of anilines is 1. The van der Waals surface area contributed by atoms with E-state index >= 15 is 0 Å². The minimum Gasteiger partial charge on any atom is -0.326 e. The molecule has 0 aliphatic carbocycles. The lowest BCUT2D eigenvalue weighted by atomic mass is 10.3. The maximum absolute atomic E-state index is 13.2. The molecular formula is C11H11BrClFN4O2S. The molecule has 0 saturated carbocycles. The monoisotopic (exact) mass is 396 g/mol. The summed E-state index contributed by atoms with van der Waals surface area (Å²) in [6.45, 7) is 1.67. The van der Waals surface area contributed by atoms with Crippen LogP contribution in [0, 0.1) is 12.7 Å². The topological polar surface area (TPSA) is 101 Å². The first-order chi connectivity index (χ1) is 9.76. The van der Waals surface area contributed by atoms with Crippen molar-refractivity contribution in [2.75, 3.05) is 4.72 Å². The standard InChI is InChI=1S/C11H11BrClFN4O2S/c1-5-7(4-15)11(17-16-5)21(19,20)18-10-8(12)2-6(14)3-9(10)13/h2-3,18H,4,15H2,1H3,(H,16,17). The smallest absolute Gasteiger partial charge is 0.281 e. The molecule has 1 heterocycles. The first-order valence-electron chi connectivity index (χ1n) is 5.67. The van der Waals surface area contributed by atoms with Crippen LogP contribution in [-0.2, 0) is 16.6 Å². The van der Waals surface area contributed by atoms with Crippen molar-refractivity contribution in [3.63, 3.8) is 0 Å². The van der Waals surface area contributed by atoms with Gasteiger partial charge in [-0.25, -0.2) is 4.39 Å². The third kappa shape index (κ3) is 3.20. The molecule has 0 fully saturated rings. The van der Waals surface area contributed by atoms with Crippen molar-refractivity contribution >= 4 is 43.2 Å². The molecule has 1 aromatic heterocycles. The van der Waals surface area contributed by atoms with Crippen LogP contribution < -0.4 is 10.5 Å². The molecule has 2 rings (SSSR count). The second-order valence-corrected chi connectivity index (χ2v) is 7.05. The Morgan fingerprint density at radius 2 is 2.19 bits per heavy atom. The van der Waals surface area contributed by atoms with Gasteiger partial charge < -0.3 is 5.73 Å². The molecule has 0 radical (unpaired) electrons. The maximum atomic E-state index is 13.2. The summed E-state index contributed by atoms with van der Waals surface area (Å²) in [5.41, 5.74) is 6.49. The van der Waals surface area contributed by atoms with Gasteiger partial charge in [-0.1, -0.05) is 11.6 Å². The first-order valence-corrected chi connectivity index (χ1v) is 8.33. The Balaban J connectivity index is 2.47. The average Bonchev–Trinajstić information content (AvgIpc) is 2.75. The van der Waals surface area contributed by atoms with Crippen LogP contribution in [0.2, 0.25) is 5.02 Å². The number of nitrogens with zero attached hydrogens (tertiary/aromatic N) is 1. The van der Waals surface area contributed by atoms with Crippen LogP contribution in [0.15, 0.2) is 21.6 Å². The van der Waals surface area contributed by atoms with Crippen LogP contribution in [0.1, 0.15) is 11.3 Å². The Bertz CT molecular complexity index is 771. The van der Waals surface area contributed by atoms with Gasteiger partial charge in [0.1, 0.15) is 5.82 Å². The Hall–Kier alpha value is -1.16. The minimum absolute atomic E-state index is 0.0108. The van der Waals surface area contributed by atoms with Crippen molar-refractivity contribution in [1.29, 1.82) is 0 Å². The van der Waals surface area contributed by atoms with Crippen LogP contribution in [0.3, 0.4) is 0 Å². The quantitative estimate of drug-likeness (QED) is 0.738. The fourth-order valence-corrected chi connectivity index (χ4v) is 4.11. The number of aromatic amines is 1. The van der Waals surface area contributed by atoms with Gasteiger partial charge in [0.25, 0.3) is 10.0 Å². The lowest BCUT2D eigenvalue weighted by Gasteiger charge is -2.11. The Morgan fingerprint density at radius 1 is 1.52 bits per heavy atom. The molecule has 0 unspecified atom stereocenters. The van der Waals surface area contributed by atoms with Gasteiger partial charge in [0.05, 0.1) is 10.7 Å². The zero-order valence-corrected chi connectivity index (χ0v) is 13.9. The van der Waals surface area contributed by atoms with Gasteiger partial charge in [-0.2, -0.15) is 13.5 Å². The Labute approximate surface area is 134 Å². The van der Waals surface area contributed by atoms with Crippen molar-refractivity contribution in [3.8, 4) is 0 Å². The van der Waals surface area contributed by atoms with Gasteiger partial charge in [0.15, 0.2) is 0 Å². The van der Waals surface area contributed by atoms with E-state index in [1.54, 1.807) is 6.92 Å². The number of aromatic nitrogens is 2. The van der Waals surface area contributed by atoms with Gasteiger partial charge in [-0.15, -0.1) is 0 Å². The fourth-order valence-electron chi connectivity index (χ4n) is 1.72. The number of sulfonamides is 1. The molecule has 21 heavy (non-hydrogen) atoms. The summed E-state index contributed by atoms with van der Waals surface area (Å²) >= 11 is 8.92. The van der Waals surface area contributed by atoms with Crippen LogP contribution >= 0.6 is 27.5 Å². The number of hydrogen-bond acceptors (Lipinski definition) is 4. The van der Waals surface area contributed by atoms with Crippen LogP contribution in [-0.4, -0.2) is 18.6 Å². The summed E-state index contributed by atoms with van der Waals surface area (Å²) in [7, 11) is -4.00. The maximum Gasteiger partial charge on any atom is 0.281 e. The molecule has 0 aliphatic rings. The Morgan fingerprint density at radius 3 is 2.76 bits per heavy atom. The number of nitrogens with two attached hydrogens (primary N) is 1. The second-order valence-electron chi connectivity index (χ2n) is 4.19. The minimum atomic E-state index is -4.00. The highest BCUT2D eigenvalue weighted by Crippen LogP contribution is 2.33. The molecule has 10 heteroatoms. The highest BCUT2D eigenvalue weighted by molar-refractivity contribution is 9.10. The van der Waals surface area contributed by atoms with E-state index in [0.29, 0.717) is 11.3 Å². The average molecular weight is 398 g/mol. The summed E-state index contributed by atoms with van der Waals surface area (Å²) in [6, 6.07) is 2.10. The molecule has 0 bridgehead atoms. The fraction of sp³-hybridized carbons (Fsp3) is 0.182. The molecule has 0 aliphatic heterocycles. The molecule has 0 spiro atoms. The van der Waals surface area contributed by atoms with E-state index in [9.17, 15) is 12.8 Å². The highest BCUT2D eigenvalue weighted by Gasteiger charge is 2.25. The molecule has 1 aromatic carbocycles. The molecular weight excluding hydrogens is 387 g/mol. The van der Waals surface area contributed by atoms with Gasteiger partial charge in [0, 0.05) is 22.3 Å². The van der Waals surface area contributed by atoms with Crippen molar-refractivity contribution in [2.45, 2.75) is 18.5 Å². The van der Waals surface area contributed by atoms with Crippen molar-refractivity contribution < 1.29 is 12.8 Å². The molecule has 6 nitrogen and oxygen atoms in total. The molecule has 0 amide bonds. The summed E-state index contributed by atoms with van der Waals surface area (Å²) in [6.07, 6.45) is 0. The van der Waals surface area contributed by atoms with Gasteiger partial charge in [-0.3, -0.25) is 9.82 Å². The van der Waals surface area contributed by atoms with E-state index < -0.39 is 15.8 Å². The first kappa shape index (κ1) is 16.2. The third-order valence-electron chi connectivity index (χ3n) is 2.74. The van der Waals surface area contributed by atoms with Crippen molar-refractivity contribution in [2.24, 2.45) is 5.73 Å². The normalized spacial score (nSPS) is 11.7. The largest absolute Gasteiger partial charge is 0.326 e. The lowest BCUT2D eigenvalue weighted by Crippen LogP contribution is -2.17. The number of nitrogens with one attached hydrogen (secondary N) is 2. The van der Waals surface area contributed by atoms with Crippen LogP contribution in [0.5, 0.6) is 0 Å². The van der Waals surface area contributed by atoms with Gasteiger partial charge in [-0.05, 0) is 35.0 Å². The van der Waals surface area contributed by atoms with Crippen LogP contribution in [0.4, 0.5) is 10.1 Å². The molecule has 0 atom stereocenters. The number of benzene rings is 1. The number of halogens is 3. The number of H-pyrrole nitrogens is 1. The van der Waals surface area contributed by atoms with Gasteiger partial charge >= 0.3 is 0 Å². The predicted octanol–water partition coefficient (Wildman–Crippen LogP) is 2.53. The van der Waals surface area contributed by atoms with E-state index in [4.69, 9.17) is 17.3 Å². The van der Waals surface area contributed by atoms with Crippen molar-refractivity contribution in [1.82, 2.24) is 10.2 Å². The zero-order chi connectivity index (χ0) is 15.8. The van der Waals surface area contributed by atoms with E-state index in [1.165, 1.54) is 0 Å². The SMILES string of the molecule is Cc1[nH]nc(S(=O)(=O)Nc2c(Cl)cc(F)cc2Br)c1CN.